The molecule has 0 spiro atoms. The molecule has 2 aliphatic heterocycles. The maximum absolute atomic E-state index is 12.3. The van der Waals surface area contributed by atoms with Gasteiger partial charge in [-0.3, -0.25) is 4.79 Å². The Kier molecular flexibility index (Phi) is 4.40. The minimum Gasteiger partial charge on any atom is -0.368 e. The summed E-state index contributed by atoms with van der Waals surface area (Å²) in [4.78, 5) is 14.3. The van der Waals surface area contributed by atoms with Gasteiger partial charge in [-0.25, -0.2) is 0 Å². The summed E-state index contributed by atoms with van der Waals surface area (Å²) in [7, 11) is 0. The van der Waals surface area contributed by atoms with Crippen LogP contribution < -0.4 is 5.32 Å². The van der Waals surface area contributed by atoms with E-state index in [0.717, 1.165) is 32.5 Å². The molecule has 4 nitrogen and oxygen atoms in total. The molecule has 2 rings (SSSR count). The molecule has 2 atom stereocenters. The normalized spacial score (nSPS) is 28.9. The molecule has 4 heteroatoms. The number of nitrogens with zero attached hydrogens (tertiary/aromatic N) is 1. The summed E-state index contributed by atoms with van der Waals surface area (Å²) in [5.74, 6) is 0.186. The smallest absolute Gasteiger partial charge is 0.251 e. The topological polar surface area (TPSA) is 41.6 Å². The number of rotatable bonds is 4. The zero-order chi connectivity index (χ0) is 12.3. The van der Waals surface area contributed by atoms with Crippen LogP contribution in [0, 0.1) is 0 Å². The molecule has 2 fully saturated rings. The Bertz CT molecular complexity index is 256. The van der Waals surface area contributed by atoms with Crippen molar-refractivity contribution in [2.24, 2.45) is 0 Å². The quantitative estimate of drug-likeness (QED) is 0.801. The third kappa shape index (κ3) is 3.19. The molecule has 2 aliphatic rings. The summed E-state index contributed by atoms with van der Waals surface area (Å²) in [6.07, 6.45) is 4.13. The Labute approximate surface area is 104 Å². The first kappa shape index (κ1) is 12.8. The van der Waals surface area contributed by atoms with E-state index < -0.39 is 0 Å². The standard InChI is InChI=1S/C13H24N2O2/c1-10(2)15(9-11-5-3-7-14-11)13(16)12-6-4-8-17-12/h10-12,14H,3-9H2,1-2H3. The lowest BCUT2D eigenvalue weighted by Crippen LogP contribution is -2.48. The van der Waals surface area contributed by atoms with Gasteiger partial charge in [0, 0.05) is 25.2 Å². The summed E-state index contributed by atoms with van der Waals surface area (Å²) in [5, 5.41) is 3.45. The molecule has 0 bridgehead atoms. The summed E-state index contributed by atoms with van der Waals surface area (Å²) >= 11 is 0. The average Bonchev–Trinajstić information content (AvgIpc) is 2.97. The van der Waals surface area contributed by atoms with Gasteiger partial charge in [0.2, 0.25) is 0 Å². The minimum absolute atomic E-state index is 0.182. The van der Waals surface area contributed by atoms with E-state index >= 15 is 0 Å². The zero-order valence-corrected chi connectivity index (χ0v) is 10.9. The van der Waals surface area contributed by atoms with Gasteiger partial charge >= 0.3 is 0 Å². The van der Waals surface area contributed by atoms with Gasteiger partial charge in [0.15, 0.2) is 0 Å². The van der Waals surface area contributed by atoms with Crippen molar-refractivity contribution in [3.8, 4) is 0 Å². The van der Waals surface area contributed by atoms with Crippen LogP contribution in [0.2, 0.25) is 0 Å². The van der Waals surface area contributed by atoms with Crippen LogP contribution in [0.3, 0.4) is 0 Å². The van der Waals surface area contributed by atoms with Gasteiger partial charge in [0.1, 0.15) is 6.10 Å². The van der Waals surface area contributed by atoms with Crippen molar-refractivity contribution in [1.29, 1.82) is 0 Å². The van der Waals surface area contributed by atoms with E-state index in [1.165, 1.54) is 12.8 Å². The van der Waals surface area contributed by atoms with Crippen LogP contribution >= 0.6 is 0 Å². The van der Waals surface area contributed by atoms with Crippen molar-refractivity contribution in [2.75, 3.05) is 19.7 Å². The Morgan fingerprint density at radius 1 is 1.41 bits per heavy atom. The van der Waals surface area contributed by atoms with Crippen LogP contribution in [0.4, 0.5) is 0 Å². The highest BCUT2D eigenvalue weighted by Gasteiger charge is 2.31. The summed E-state index contributed by atoms with van der Waals surface area (Å²) in [5.41, 5.74) is 0. The number of carbonyl (C=O) groups is 1. The van der Waals surface area contributed by atoms with Gasteiger partial charge in [-0.1, -0.05) is 0 Å². The van der Waals surface area contributed by atoms with E-state index in [4.69, 9.17) is 4.74 Å². The minimum atomic E-state index is -0.182. The number of ether oxygens (including phenoxy) is 1. The molecule has 0 aromatic carbocycles. The monoisotopic (exact) mass is 240 g/mol. The maximum atomic E-state index is 12.3. The highest BCUT2D eigenvalue weighted by molar-refractivity contribution is 5.81. The van der Waals surface area contributed by atoms with Gasteiger partial charge in [0.05, 0.1) is 0 Å². The molecular formula is C13H24N2O2. The fraction of sp³-hybridized carbons (Fsp3) is 0.923. The van der Waals surface area contributed by atoms with Crippen LogP contribution in [0.5, 0.6) is 0 Å². The molecule has 98 valence electrons. The molecule has 17 heavy (non-hydrogen) atoms. The molecule has 2 saturated heterocycles. The summed E-state index contributed by atoms with van der Waals surface area (Å²) < 4.78 is 5.50. The van der Waals surface area contributed by atoms with Crippen LogP contribution in [0.25, 0.3) is 0 Å². The molecular weight excluding hydrogens is 216 g/mol. The van der Waals surface area contributed by atoms with Crippen molar-refractivity contribution < 1.29 is 9.53 Å². The summed E-state index contributed by atoms with van der Waals surface area (Å²) in [6, 6.07) is 0.733. The Balaban J connectivity index is 1.92. The molecule has 0 aromatic heterocycles. The number of hydrogen-bond donors (Lipinski definition) is 1. The molecule has 1 amide bonds. The zero-order valence-electron chi connectivity index (χ0n) is 10.9. The van der Waals surface area contributed by atoms with Crippen molar-refractivity contribution in [3.05, 3.63) is 0 Å². The molecule has 2 unspecified atom stereocenters. The predicted octanol–water partition coefficient (Wildman–Crippen LogP) is 1.15. The van der Waals surface area contributed by atoms with Gasteiger partial charge in [-0.15, -0.1) is 0 Å². The first-order chi connectivity index (χ1) is 8.18. The van der Waals surface area contributed by atoms with Crippen molar-refractivity contribution in [3.63, 3.8) is 0 Å². The second-order valence-electron chi connectivity index (χ2n) is 5.38. The number of nitrogens with one attached hydrogen (secondary N) is 1. The SMILES string of the molecule is CC(C)N(CC1CCCN1)C(=O)C1CCCO1. The lowest BCUT2D eigenvalue weighted by molar-refractivity contribution is -0.143. The fourth-order valence-electron chi connectivity index (χ4n) is 2.66. The predicted molar refractivity (Wildman–Crippen MR) is 66.8 cm³/mol. The molecule has 0 aromatic rings. The van der Waals surface area contributed by atoms with E-state index in [-0.39, 0.29) is 18.1 Å². The number of hydrogen-bond acceptors (Lipinski definition) is 3. The highest BCUT2D eigenvalue weighted by atomic mass is 16.5. The first-order valence-electron chi connectivity index (χ1n) is 6.84. The largest absolute Gasteiger partial charge is 0.368 e. The van der Waals surface area contributed by atoms with Gasteiger partial charge in [-0.2, -0.15) is 0 Å². The Morgan fingerprint density at radius 2 is 2.24 bits per heavy atom. The van der Waals surface area contributed by atoms with E-state index in [2.05, 4.69) is 19.2 Å². The van der Waals surface area contributed by atoms with E-state index in [1.54, 1.807) is 0 Å². The third-order valence-corrected chi connectivity index (χ3v) is 3.69. The number of amides is 1. The van der Waals surface area contributed by atoms with Crippen LogP contribution in [-0.4, -0.2) is 48.7 Å². The van der Waals surface area contributed by atoms with E-state index in [9.17, 15) is 4.79 Å². The van der Waals surface area contributed by atoms with Gasteiger partial charge in [0.25, 0.3) is 5.91 Å². The Hall–Kier alpha value is -0.610. The summed E-state index contributed by atoms with van der Waals surface area (Å²) in [6.45, 7) is 6.83. The molecule has 0 radical (unpaired) electrons. The first-order valence-corrected chi connectivity index (χ1v) is 6.84. The second kappa shape index (κ2) is 5.83. The van der Waals surface area contributed by atoms with E-state index in [0.29, 0.717) is 6.04 Å². The second-order valence-corrected chi connectivity index (χ2v) is 5.38. The molecule has 2 heterocycles. The fourth-order valence-corrected chi connectivity index (χ4v) is 2.66. The molecule has 0 aliphatic carbocycles. The lowest BCUT2D eigenvalue weighted by atomic mass is 10.1. The lowest BCUT2D eigenvalue weighted by Gasteiger charge is -2.31. The molecule has 1 N–H and O–H groups in total. The Morgan fingerprint density at radius 3 is 2.76 bits per heavy atom. The average molecular weight is 240 g/mol. The van der Waals surface area contributed by atoms with Crippen molar-refractivity contribution in [1.82, 2.24) is 10.2 Å². The third-order valence-electron chi connectivity index (χ3n) is 3.69. The maximum Gasteiger partial charge on any atom is 0.251 e. The van der Waals surface area contributed by atoms with E-state index in [1.807, 2.05) is 4.90 Å². The highest BCUT2D eigenvalue weighted by Crippen LogP contribution is 2.17. The van der Waals surface area contributed by atoms with Crippen molar-refractivity contribution in [2.45, 2.75) is 57.7 Å². The van der Waals surface area contributed by atoms with Gasteiger partial charge < -0.3 is 15.0 Å². The van der Waals surface area contributed by atoms with Crippen LogP contribution in [-0.2, 0) is 9.53 Å². The van der Waals surface area contributed by atoms with Crippen LogP contribution in [0.1, 0.15) is 39.5 Å². The van der Waals surface area contributed by atoms with Crippen molar-refractivity contribution >= 4 is 5.91 Å². The molecule has 0 saturated carbocycles. The van der Waals surface area contributed by atoms with Gasteiger partial charge in [-0.05, 0) is 46.1 Å². The van der Waals surface area contributed by atoms with Crippen LogP contribution in [0.15, 0.2) is 0 Å². The number of carbonyl (C=O) groups excluding carboxylic acids is 1.